The van der Waals surface area contributed by atoms with Crippen molar-refractivity contribution >= 4 is 9.84 Å². The Labute approximate surface area is 89.3 Å². The zero-order valence-corrected chi connectivity index (χ0v) is 9.28. The number of aliphatic hydroxyl groups is 1. The Morgan fingerprint density at radius 2 is 1.93 bits per heavy atom. The third-order valence-corrected chi connectivity index (χ3v) is 4.68. The van der Waals surface area contributed by atoms with Gasteiger partial charge in [-0.3, -0.25) is 0 Å². The van der Waals surface area contributed by atoms with E-state index in [1.54, 1.807) is 0 Å². The van der Waals surface area contributed by atoms with Gasteiger partial charge in [0.05, 0.1) is 24.7 Å². The van der Waals surface area contributed by atoms with Gasteiger partial charge in [0, 0.05) is 5.92 Å². The maximum Gasteiger partial charge on any atom is 0.161 e. The molecule has 2 unspecified atom stereocenters. The minimum absolute atomic E-state index is 0.0402. The van der Waals surface area contributed by atoms with E-state index in [1.807, 2.05) is 0 Å². The molecule has 0 bridgehead atoms. The van der Waals surface area contributed by atoms with Crippen molar-refractivity contribution in [2.45, 2.75) is 25.2 Å². The van der Waals surface area contributed by atoms with Crippen molar-refractivity contribution in [3.05, 3.63) is 0 Å². The fourth-order valence-electron chi connectivity index (χ4n) is 1.99. The van der Waals surface area contributed by atoms with Crippen LogP contribution < -0.4 is 0 Å². The number of hydrogen-bond donors (Lipinski definition) is 1. The topological polar surface area (TPSA) is 72.8 Å². The number of rotatable bonds is 2. The van der Waals surface area contributed by atoms with Gasteiger partial charge in [0.25, 0.3) is 0 Å². The molecular weight excluding hydrogens is 220 g/mol. The molecule has 1 N–H and O–H groups in total. The highest BCUT2D eigenvalue weighted by Crippen LogP contribution is 2.28. The van der Waals surface area contributed by atoms with Crippen LogP contribution in [0.1, 0.15) is 12.8 Å². The molecule has 0 aromatic rings. The number of sulfone groups is 1. The van der Waals surface area contributed by atoms with Crippen molar-refractivity contribution in [1.29, 1.82) is 0 Å². The summed E-state index contributed by atoms with van der Waals surface area (Å²) in [4.78, 5) is 0. The first-order chi connectivity index (χ1) is 7.11. The Hall–Kier alpha value is -0.170. The van der Waals surface area contributed by atoms with Crippen LogP contribution in [0.15, 0.2) is 0 Å². The first-order valence-electron chi connectivity index (χ1n) is 5.19. The van der Waals surface area contributed by atoms with Gasteiger partial charge in [0.2, 0.25) is 0 Å². The highest BCUT2D eigenvalue weighted by atomic mass is 32.2. The van der Waals surface area contributed by atoms with Gasteiger partial charge >= 0.3 is 0 Å². The summed E-state index contributed by atoms with van der Waals surface area (Å²) in [5.74, 6) is 0.611. The molecule has 6 heteroatoms. The van der Waals surface area contributed by atoms with Gasteiger partial charge in [-0.1, -0.05) is 0 Å². The standard InChI is InChI=1S/C9H16O5S/c10-5-8-6-13-9(14-8)7-1-3-15(11,12)4-2-7/h7-10H,1-6H2. The van der Waals surface area contributed by atoms with E-state index in [0.717, 1.165) is 0 Å². The first-order valence-corrected chi connectivity index (χ1v) is 7.01. The summed E-state index contributed by atoms with van der Waals surface area (Å²) < 4.78 is 33.3. The average Bonchev–Trinajstić information content (AvgIpc) is 2.66. The van der Waals surface area contributed by atoms with E-state index in [-0.39, 0.29) is 36.4 Å². The van der Waals surface area contributed by atoms with Crippen LogP contribution in [0.2, 0.25) is 0 Å². The maximum absolute atomic E-state index is 11.2. The molecule has 2 heterocycles. The van der Waals surface area contributed by atoms with Gasteiger partial charge in [-0.2, -0.15) is 0 Å². The fraction of sp³-hybridized carbons (Fsp3) is 1.00. The third-order valence-electron chi connectivity index (χ3n) is 2.96. The lowest BCUT2D eigenvalue weighted by Crippen LogP contribution is -2.32. The van der Waals surface area contributed by atoms with E-state index in [1.165, 1.54) is 0 Å². The molecule has 0 amide bonds. The molecule has 0 saturated carbocycles. The van der Waals surface area contributed by atoms with Gasteiger partial charge in [-0.25, -0.2) is 8.42 Å². The first kappa shape index (κ1) is 11.3. The molecule has 15 heavy (non-hydrogen) atoms. The number of ether oxygens (including phenoxy) is 2. The fourth-order valence-corrected chi connectivity index (χ4v) is 3.52. The minimum Gasteiger partial charge on any atom is -0.394 e. The van der Waals surface area contributed by atoms with Crippen molar-refractivity contribution in [1.82, 2.24) is 0 Å². The Kier molecular flexibility index (Phi) is 3.30. The zero-order chi connectivity index (χ0) is 10.9. The third kappa shape index (κ3) is 2.69. The second-order valence-electron chi connectivity index (χ2n) is 4.13. The quantitative estimate of drug-likeness (QED) is 0.702. The van der Waals surface area contributed by atoms with Crippen LogP contribution in [0.5, 0.6) is 0 Å². The zero-order valence-electron chi connectivity index (χ0n) is 8.46. The van der Waals surface area contributed by atoms with E-state index in [4.69, 9.17) is 14.6 Å². The Morgan fingerprint density at radius 1 is 1.27 bits per heavy atom. The van der Waals surface area contributed by atoms with Crippen molar-refractivity contribution in [2.75, 3.05) is 24.7 Å². The van der Waals surface area contributed by atoms with Crippen LogP contribution in [0, 0.1) is 5.92 Å². The Morgan fingerprint density at radius 3 is 2.47 bits per heavy atom. The van der Waals surface area contributed by atoms with E-state index < -0.39 is 9.84 Å². The maximum atomic E-state index is 11.2. The van der Waals surface area contributed by atoms with Crippen LogP contribution in [0.3, 0.4) is 0 Å². The molecule has 0 radical (unpaired) electrons. The van der Waals surface area contributed by atoms with Gasteiger partial charge in [0.1, 0.15) is 15.9 Å². The summed E-state index contributed by atoms with van der Waals surface area (Å²) in [5, 5.41) is 8.86. The average molecular weight is 236 g/mol. The lowest BCUT2D eigenvalue weighted by Gasteiger charge is -2.26. The predicted molar refractivity (Wildman–Crippen MR) is 53.1 cm³/mol. The summed E-state index contributed by atoms with van der Waals surface area (Å²) in [6, 6.07) is 0. The smallest absolute Gasteiger partial charge is 0.161 e. The second-order valence-corrected chi connectivity index (χ2v) is 6.44. The van der Waals surface area contributed by atoms with E-state index in [9.17, 15) is 8.42 Å². The summed E-state index contributed by atoms with van der Waals surface area (Å²) >= 11 is 0. The molecule has 5 nitrogen and oxygen atoms in total. The van der Waals surface area contributed by atoms with E-state index >= 15 is 0 Å². The molecule has 2 aliphatic heterocycles. The van der Waals surface area contributed by atoms with E-state index in [0.29, 0.717) is 19.4 Å². The van der Waals surface area contributed by atoms with Crippen LogP contribution in [0.4, 0.5) is 0 Å². The molecular formula is C9H16O5S. The van der Waals surface area contributed by atoms with Crippen LogP contribution in [0.25, 0.3) is 0 Å². The van der Waals surface area contributed by atoms with E-state index in [2.05, 4.69) is 0 Å². The predicted octanol–water partition coefficient (Wildman–Crippen LogP) is -0.455. The number of aliphatic hydroxyl groups excluding tert-OH is 1. The van der Waals surface area contributed by atoms with Gasteiger partial charge < -0.3 is 14.6 Å². The normalized spacial score (nSPS) is 36.9. The van der Waals surface area contributed by atoms with Gasteiger partial charge in [-0.15, -0.1) is 0 Å². The summed E-state index contributed by atoms with van der Waals surface area (Å²) in [7, 11) is -2.82. The number of hydrogen-bond acceptors (Lipinski definition) is 5. The van der Waals surface area contributed by atoms with Crippen LogP contribution in [-0.4, -0.2) is 50.6 Å². The molecule has 0 spiro atoms. The molecule has 2 aliphatic rings. The highest BCUT2D eigenvalue weighted by molar-refractivity contribution is 7.91. The summed E-state index contributed by atoms with van der Waals surface area (Å²) in [6.45, 7) is 0.367. The van der Waals surface area contributed by atoms with Gasteiger partial charge in [0.15, 0.2) is 6.29 Å². The second kappa shape index (κ2) is 4.37. The molecule has 2 atom stereocenters. The largest absolute Gasteiger partial charge is 0.394 e. The Balaban J connectivity index is 1.86. The van der Waals surface area contributed by atoms with Crippen molar-refractivity contribution in [2.24, 2.45) is 5.92 Å². The SMILES string of the molecule is O=S1(=O)CCC(C2OCC(CO)O2)CC1. The molecule has 2 saturated heterocycles. The molecule has 0 aromatic heterocycles. The molecule has 88 valence electrons. The van der Waals surface area contributed by atoms with Crippen molar-refractivity contribution < 1.29 is 23.0 Å². The monoisotopic (exact) mass is 236 g/mol. The van der Waals surface area contributed by atoms with Crippen molar-refractivity contribution in [3.8, 4) is 0 Å². The molecule has 0 aliphatic carbocycles. The summed E-state index contributed by atoms with van der Waals surface area (Å²) in [5.41, 5.74) is 0. The lowest BCUT2D eigenvalue weighted by molar-refractivity contribution is -0.103. The lowest BCUT2D eigenvalue weighted by atomic mass is 10.0. The van der Waals surface area contributed by atoms with Crippen molar-refractivity contribution in [3.63, 3.8) is 0 Å². The molecule has 2 rings (SSSR count). The van der Waals surface area contributed by atoms with Crippen LogP contribution in [-0.2, 0) is 19.3 Å². The minimum atomic E-state index is -2.82. The molecule has 2 fully saturated rings. The summed E-state index contributed by atoms with van der Waals surface area (Å²) in [6.07, 6.45) is 0.641. The highest BCUT2D eigenvalue weighted by Gasteiger charge is 2.35. The van der Waals surface area contributed by atoms with Gasteiger partial charge in [-0.05, 0) is 12.8 Å². The molecule has 0 aromatic carbocycles. The Bertz CT molecular complexity index is 298. The van der Waals surface area contributed by atoms with Crippen LogP contribution >= 0.6 is 0 Å².